The van der Waals surface area contributed by atoms with Crippen molar-refractivity contribution in [2.24, 2.45) is 4.99 Å². The van der Waals surface area contributed by atoms with Crippen molar-refractivity contribution in [3.63, 3.8) is 0 Å². The highest BCUT2D eigenvalue weighted by atomic mass is 16.5. The van der Waals surface area contributed by atoms with E-state index in [1.807, 2.05) is 0 Å². The number of rotatable bonds is 4. The van der Waals surface area contributed by atoms with Gasteiger partial charge in [0.15, 0.2) is 6.73 Å². The molecule has 0 unspecified atom stereocenters. The van der Waals surface area contributed by atoms with Gasteiger partial charge in [0.25, 0.3) is 0 Å². The molecule has 0 aromatic rings. The van der Waals surface area contributed by atoms with Crippen LogP contribution < -0.4 is 0 Å². The zero-order chi connectivity index (χ0) is 14.8. The first-order valence-electron chi connectivity index (χ1n) is 6.85. The van der Waals surface area contributed by atoms with Crippen molar-refractivity contribution in [2.75, 3.05) is 26.4 Å². The van der Waals surface area contributed by atoms with Gasteiger partial charge in [-0.25, -0.2) is 0 Å². The fourth-order valence-electron chi connectivity index (χ4n) is 2.34. The molecule has 1 rings (SSSR count). The third-order valence-corrected chi connectivity index (χ3v) is 3.63. The highest BCUT2D eigenvalue weighted by Gasteiger charge is 2.42. The molecule has 0 bridgehead atoms. The Bertz CT molecular complexity index is 328. The lowest BCUT2D eigenvalue weighted by Gasteiger charge is -2.45. The molecule has 0 aromatic heterocycles. The summed E-state index contributed by atoms with van der Waals surface area (Å²) in [6.45, 7) is 13.6. The van der Waals surface area contributed by atoms with Gasteiger partial charge in [-0.15, -0.1) is 6.01 Å². The van der Waals surface area contributed by atoms with Gasteiger partial charge in [0.2, 0.25) is 0 Å². The van der Waals surface area contributed by atoms with Crippen LogP contribution in [0, 0.1) is 11.5 Å². The van der Waals surface area contributed by atoms with Crippen molar-refractivity contribution in [3.8, 4) is 6.19 Å². The second kappa shape index (κ2) is 8.82. The third kappa shape index (κ3) is 5.98. The van der Waals surface area contributed by atoms with E-state index in [4.69, 9.17) is 15.4 Å². The van der Waals surface area contributed by atoms with Crippen LogP contribution in [0.3, 0.4) is 0 Å². The van der Waals surface area contributed by atoms with Crippen LogP contribution in [0.25, 0.3) is 5.41 Å². The molecule has 108 valence electrons. The summed E-state index contributed by atoms with van der Waals surface area (Å²) in [6, 6.07) is 1.28. The minimum atomic E-state index is 0.338. The van der Waals surface area contributed by atoms with E-state index in [2.05, 4.69) is 32.7 Å². The van der Waals surface area contributed by atoms with Gasteiger partial charge >= 0.3 is 0 Å². The summed E-state index contributed by atoms with van der Waals surface area (Å²) in [4.78, 5) is 2.58. The summed E-state index contributed by atoms with van der Waals surface area (Å²) in [5, 5.41) is 14.9. The standard InChI is InChI=1S/C12H26NO.C2N3/c1-5-10-14-11-13(12(2,3)4)8-6-7-9-13;3-1-5-2-4/h5-11H2,1-4H3;/q+1;-1. The number of likely N-dealkylation sites (tertiary alicyclic amines) is 1. The second-order valence-electron chi connectivity index (χ2n) is 5.82. The van der Waals surface area contributed by atoms with E-state index in [1.54, 1.807) is 0 Å². The number of aliphatic imine (C=N–C) groups is 1. The average Bonchev–Trinajstić information content (AvgIpc) is 2.81. The van der Waals surface area contributed by atoms with Gasteiger partial charge < -0.3 is 15.1 Å². The van der Waals surface area contributed by atoms with Crippen molar-refractivity contribution >= 4 is 6.01 Å². The molecule has 0 spiro atoms. The molecule has 0 atom stereocenters. The Kier molecular flexibility index (Phi) is 8.26. The van der Waals surface area contributed by atoms with Crippen LogP contribution in [-0.4, -0.2) is 42.5 Å². The summed E-state index contributed by atoms with van der Waals surface area (Å²) < 4.78 is 6.93. The fourth-order valence-corrected chi connectivity index (χ4v) is 2.34. The Hall–Kier alpha value is -1.21. The summed E-state index contributed by atoms with van der Waals surface area (Å²) in [6.07, 6.45) is 5.15. The number of nitrogens with zero attached hydrogens (tertiary/aromatic N) is 4. The summed E-state index contributed by atoms with van der Waals surface area (Å²) in [5.41, 5.74) is 0.338. The van der Waals surface area contributed by atoms with Crippen LogP contribution in [0.2, 0.25) is 0 Å². The van der Waals surface area contributed by atoms with Gasteiger partial charge in [-0.2, -0.15) is 5.26 Å². The van der Waals surface area contributed by atoms with E-state index < -0.39 is 0 Å². The lowest BCUT2D eigenvalue weighted by Crippen LogP contribution is -2.59. The topological polar surface area (TPSA) is 67.7 Å². The SMILES string of the molecule is CCCOC[N+]1(C(C)(C)C)CCCC1.N#CN=C=[N-]. The van der Waals surface area contributed by atoms with Crippen LogP contribution in [0.5, 0.6) is 0 Å². The Morgan fingerprint density at radius 2 is 1.89 bits per heavy atom. The van der Waals surface area contributed by atoms with Crippen molar-refractivity contribution in [2.45, 2.75) is 52.5 Å². The number of ether oxygens (including phenoxy) is 1. The maximum Gasteiger partial charge on any atom is 0.183 e. The highest BCUT2D eigenvalue weighted by molar-refractivity contribution is 5.46. The van der Waals surface area contributed by atoms with Gasteiger partial charge in [-0.05, 0) is 27.2 Å². The molecule has 5 nitrogen and oxygen atoms in total. The Morgan fingerprint density at radius 3 is 2.21 bits per heavy atom. The predicted octanol–water partition coefficient (Wildman–Crippen LogP) is 2.99. The molecule has 1 aliphatic heterocycles. The first kappa shape index (κ1) is 17.8. The van der Waals surface area contributed by atoms with Gasteiger partial charge in [0.05, 0.1) is 31.4 Å². The Morgan fingerprint density at radius 1 is 1.32 bits per heavy atom. The molecule has 0 radical (unpaired) electrons. The van der Waals surface area contributed by atoms with E-state index in [9.17, 15) is 0 Å². The number of nitriles is 1. The molecule has 1 aliphatic rings. The van der Waals surface area contributed by atoms with Gasteiger partial charge in [0.1, 0.15) is 0 Å². The number of quaternary nitrogens is 1. The summed E-state index contributed by atoms with van der Waals surface area (Å²) >= 11 is 0. The van der Waals surface area contributed by atoms with E-state index in [-0.39, 0.29) is 0 Å². The Balaban J connectivity index is 0.000000555. The monoisotopic (exact) mass is 266 g/mol. The molecule has 0 N–H and O–H groups in total. The van der Waals surface area contributed by atoms with Gasteiger partial charge in [0, 0.05) is 12.8 Å². The van der Waals surface area contributed by atoms with E-state index >= 15 is 0 Å². The van der Waals surface area contributed by atoms with Crippen molar-refractivity contribution in [3.05, 3.63) is 5.41 Å². The second-order valence-corrected chi connectivity index (χ2v) is 5.82. The molecule has 1 fully saturated rings. The molecule has 0 aliphatic carbocycles. The lowest BCUT2D eigenvalue weighted by atomic mass is 10.0. The van der Waals surface area contributed by atoms with Crippen molar-refractivity contribution in [1.29, 1.82) is 5.26 Å². The normalized spacial score (nSPS) is 16.8. The quantitative estimate of drug-likeness (QED) is 0.340. The smallest absolute Gasteiger partial charge is 0.183 e. The molecule has 0 aromatic carbocycles. The van der Waals surface area contributed by atoms with Crippen LogP contribution in [0.4, 0.5) is 0 Å². The molecule has 5 heteroatoms. The zero-order valence-electron chi connectivity index (χ0n) is 12.6. The van der Waals surface area contributed by atoms with Crippen molar-refractivity contribution < 1.29 is 9.22 Å². The molecular formula is C14H26N4O. The first-order chi connectivity index (χ1) is 8.93. The van der Waals surface area contributed by atoms with Crippen LogP contribution >= 0.6 is 0 Å². The van der Waals surface area contributed by atoms with Crippen LogP contribution in [0.15, 0.2) is 4.99 Å². The fraction of sp³-hybridized carbons (Fsp3) is 0.857. The van der Waals surface area contributed by atoms with Crippen molar-refractivity contribution in [1.82, 2.24) is 0 Å². The van der Waals surface area contributed by atoms with Crippen LogP contribution in [0.1, 0.15) is 47.0 Å². The maximum absolute atomic E-state index is 7.43. The first-order valence-corrected chi connectivity index (χ1v) is 6.85. The molecule has 19 heavy (non-hydrogen) atoms. The third-order valence-electron chi connectivity index (χ3n) is 3.63. The predicted molar refractivity (Wildman–Crippen MR) is 76.5 cm³/mol. The largest absolute Gasteiger partial charge is 0.422 e. The number of hydrogen-bond acceptors (Lipinski definition) is 3. The average molecular weight is 266 g/mol. The van der Waals surface area contributed by atoms with Gasteiger partial charge in [-0.1, -0.05) is 6.92 Å². The molecule has 1 heterocycles. The minimum Gasteiger partial charge on any atom is -0.422 e. The molecular weight excluding hydrogens is 240 g/mol. The summed E-state index contributed by atoms with van der Waals surface area (Å²) in [5.74, 6) is 0. The van der Waals surface area contributed by atoms with Crippen LogP contribution in [-0.2, 0) is 4.74 Å². The molecule has 1 saturated heterocycles. The zero-order valence-corrected chi connectivity index (χ0v) is 12.6. The number of hydrogen-bond donors (Lipinski definition) is 0. The van der Waals surface area contributed by atoms with E-state index in [0.717, 1.165) is 24.2 Å². The highest BCUT2D eigenvalue weighted by Crippen LogP contribution is 2.30. The Labute approximate surface area is 117 Å². The maximum atomic E-state index is 7.43. The van der Waals surface area contributed by atoms with Gasteiger partial charge in [-0.3, -0.25) is 4.48 Å². The summed E-state index contributed by atoms with van der Waals surface area (Å²) in [7, 11) is 0. The lowest BCUT2D eigenvalue weighted by molar-refractivity contribution is -0.976. The molecule has 0 saturated carbocycles. The minimum absolute atomic E-state index is 0.338. The molecule has 0 amide bonds. The van der Waals surface area contributed by atoms with E-state index in [0.29, 0.717) is 5.54 Å². The van der Waals surface area contributed by atoms with E-state index in [1.165, 1.54) is 38.1 Å².